The highest BCUT2D eigenvalue weighted by Crippen LogP contribution is 2.62. The minimum atomic E-state index is -5.46. The van der Waals surface area contributed by atoms with Gasteiger partial charge in [0.2, 0.25) is 6.29 Å². The predicted molar refractivity (Wildman–Crippen MR) is 255 cm³/mol. The van der Waals surface area contributed by atoms with Crippen LogP contribution in [0.4, 0.5) is 5.82 Å². The van der Waals surface area contributed by atoms with Gasteiger partial charge in [0.05, 0.1) is 12.9 Å². The lowest BCUT2D eigenvalue weighted by Crippen LogP contribution is -2.56. The summed E-state index contributed by atoms with van der Waals surface area (Å²) in [6, 6.07) is 30.0. The number of phosphoric ester groups is 1. The molecule has 3 N–H and O–H groups in total. The molecule has 0 bridgehead atoms. The van der Waals surface area contributed by atoms with Crippen LogP contribution in [0.1, 0.15) is 71.4 Å². The fourth-order valence-electron chi connectivity index (χ4n) is 9.25. The molecule has 21 nitrogen and oxygen atoms in total. The van der Waals surface area contributed by atoms with E-state index in [1.54, 1.807) is 38.6 Å². The Morgan fingerprint density at radius 1 is 0.831 bits per heavy atom. The van der Waals surface area contributed by atoms with Gasteiger partial charge in [-0.25, -0.2) is 23.8 Å². The summed E-state index contributed by atoms with van der Waals surface area (Å²) in [6.45, 7) is 4.54. The molecule has 380 valence electrons. The summed E-state index contributed by atoms with van der Waals surface area (Å²) in [6.07, 6.45) is -6.11. The van der Waals surface area contributed by atoms with Gasteiger partial charge in [0.25, 0.3) is 0 Å². The number of imidazole rings is 1. The number of hydrogen-bond acceptors (Lipinski definition) is 19. The minimum Gasteiger partial charge on any atom is -0.462 e. The summed E-state index contributed by atoms with van der Waals surface area (Å²) in [7, 11) is -5.46. The first kappa shape index (κ1) is 52.3. The number of hydrogen-bond donors (Lipinski definition) is 3. The van der Waals surface area contributed by atoms with Gasteiger partial charge in [-0.2, -0.15) is 0 Å². The van der Waals surface area contributed by atoms with E-state index in [9.17, 15) is 28.7 Å². The van der Waals surface area contributed by atoms with Crippen molar-refractivity contribution in [2.24, 2.45) is 11.8 Å². The van der Waals surface area contributed by atoms with Gasteiger partial charge in [-0.3, -0.25) is 23.5 Å². The Labute approximate surface area is 414 Å². The molecule has 5 unspecified atom stereocenters. The molecule has 12 atom stereocenters. The maximum Gasteiger partial charge on any atom is 0.481 e. The van der Waals surface area contributed by atoms with Gasteiger partial charge in [0.15, 0.2) is 41.2 Å². The second-order valence-corrected chi connectivity index (χ2v) is 22.2. The second-order valence-electron chi connectivity index (χ2n) is 17.8. The second kappa shape index (κ2) is 21.2. The number of nitrogens with zero attached hydrogens (tertiary/aromatic N) is 4. The molecule has 3 aliphatic rings. The molecule has 0 saturated carbocycles. The van der Waals surface area contributed by atoms with E-state index in [1.165, 1.54) is 6.33 Å². The van der Waals surface area contributed by atoms with Crippen LogP contribution >= 0.6 is 14.5 Å². The summed E-state index contributed by atoms with van der Waals surface area (Å²) in [5, 5.41) is 3.76. The van der Waals surface area contributed by atoms with Crippen molar-refractivity contribution in [3.63, 3.8) is 0 Å². The molecule has 2 aromatic heterocycles. The SMILES string of the molecule is CC(=O)OC[C@@H](OC(C)=O)C1O[C@@H](OP(=O)(O)OP(O)(=S)OC[C@H]2O[C@@H](n3cnc4c(NC(c5ccccc5)(c5ccccc5)c5ccccc5)ncnc43)[C@H]3OC(C)(C)OC23)C(OC(C)=O)[C@@H](C)[C@@H]1C. The van der Waals surface area contributed by atoms with Crippen LogP contribution in [0.25, 0.3) is 11.2 Å². The molecule has 3 saturated heterocycles. The number of carbonyl (C=O) groups is 3. The third-order valence-electron chi connectivity index (χ3n) is 12.4. The number of carbonyl (C=O) groups excluding carboxylic acids is 3. The van der Waals surface area contributed by atoms with E-state index in [2.05, 4.69) is 10.3 Å². The van der Waals surface area contributed by atoms with E-state index >= 15 is 0 Å². The first-order valence-corrected chi connectivity index (χ1v) is 26.7. The molecule has 3 aromatic carbocycles. The number of esters is 3. The van der Waals surface area contributed by atoms with Crippen LogP contribution in [-0.2, 0) is 82.8 Å². The Kier molecular flexibility index (Phi) is 15.6. The van der Waals surface area contributed by atoms with Gasteiger partial charge in [0.1, 0.15) is 42.9 Å². The molecule has 8 rings (SSSR count). The van der Waals surface area contributed by atoms with Crippen molar-refractivity contribution in [3.8, 4) is 0 Å². The van der Waals surface area contributed by atoms with Gasteiger partial charge in [0, 0.05) is 26.7 Å². The average Bonchev–Trinajstić information content (AvgIpc) is 3.99. The number of anilines is 1. The first-order chi connectivity index (χ1) is 33.7. The topological polar surface area (TPSA) is 257 Å². The number of benzene rings is 3. The lowest BCUT2D eigenvalue weighted by Gasteiger charge is -2.45. The fraction of sp³-hybridized carbons (Fsp3) is 0.447. The fourth-order valence-corrected chi connectivity index (χ4v) is 12.3. The van der Waals surface area contributed by atoms with E-state index in [0.29, 0.717) is 17.0 Å². The number of rotatable bonds is 18. The third kappa shape index (κ3) is 11.6. The molecular formula is C47H55N5O16P2S. The van der Waals surface area contributed by atoms with Gasteiger partial charge >= 0.3 is 32.4 Å². The Morgan fingerprint density at radius 3 is 1.99 bits per heavy atom. The van der Waals surface area contributed by atoms with Crippen molar-refractivity contribution < 1.29 is 75.3 Å². The van der Waals surface area contributed by atoms with Crippen LogP contribution in [-0.4, -0.2) is 109 Å². The summed E-state index contributed by atoms with van der Waals surface area (Å²) < 4.78 is 72.7. The van der Waals surface area contributed by atoms with E-state index < -0.39 is 118 Å². The molecule has 0 aliphatic carbocycles. The zero-order valence-electron chi connectivity index (χ0n) is 39.7. The monoisotopic (exact) mass is 1040 g/mol. The Hall–Kier alpha value is -5.06. The maximum atomic E-state index is 13.7. The maximum absolute atomic E-state index is 13.7. The van der Waals surface area contributed by atoms with E-state index in [0.717, 1.165) is 37.5 Å². The number of phosphoric acid groups is 1. The van der Waals surface area contributed by atoms with Crippen molar-refractivity contribution >= 4 is 61.2 Å². The van der Waals surface area contributed by atoms with Gasteiger partial charge in [-0.15, -0.1) is 0 Å². The Morgan fingerprint density at radius 2 is 1.42 bits per heavy atom. The molecule has 0 amide bonds. The molecule has 0 radical (unpaired) electrons. The first-order valence-electron chi connectivity index (χ1n) is 22.6. The number of ether oxygens (including phenoxy) is 7. The molecule has 0 spiro atoms. The Balaban J connectivity index is 1.02. The number of fused-ring (bicyclic) bond motifs is 2. The highest BCUT2D eigenvalue weighted by Gasteiger charge is 2.57. The molecule has 3 fully saturated rings. The standard InChI is InChI=1S/C47H55N5O16P2S/c1-27-28(2)39(62-31(5)55)45(64-38(27)35(61-30(4)54)23-59-29(3)53)67-69(56,57)68-70(58,71)60-24-36-40-41(66-46(6,7)65-40)44(63-36)52-26-50-37-42(48-25-49-43(37)52)51-47(32-17-11-8-12-18-32,33-19-13-9-14-20-33)34-21-15-10-16-22-34/h8-22,25-28,35-36,38-41,44-45H,23-24H2,1-7H3,(H,56,57)(H,58,71)(H,48,49,51)/t27-,28-,35+,36+,38?,39?,40?,41-,44+,45-,70?/m0/s1. The van der Waals surface area contributed by atoms with E-state index in [4.69, 9.17) is 68.3 Å². The molecular weight excluding hydrogens is 985 g/mol. The highest BCUT2D eigenvalue weighted by molar-refractivity contribution is 8.08. The predicted octanol–water partition coefficient (Wildman–Crippen LogP) is 6.44. The lowest BCUT2D eigenvalue weighted by molar-refractivity contribution is -0.270. The normalized spacial score (nSPS) is 27.1. The van der Waals surface area contributed by atoms with E-state index in [1.807, 2.05) is 91.0 Å². The largest absolute Gasteiger partial charge is 0.481 e. The van der Waals surface area contributed by atoms with Crippen LogP contribution < -0.4 is 5.32 Å². The van der Waals surface area contributed by atoms with Crippen molar-refractivity contribution in [3.05, 3.63) is 120 Å². The van der Waals surface area contributed by atoms with Gasteiger partial charge < -0.3 is 52.8 Å². The summed E-state index contributed by atoms with van der Waals surface area (Å²) in [4.78, 5) is 72.4. The van der Waals surface area contributed by atoms with Crippen LogP contribution in [0, 0.1) is 11.8 Å². The van der Waals surface area contributed by atoms with Crippen LogP contribution in [0.3, 0.4) is 0 Å². The quantitative estimate of drug-likeness (QED) is 0.0369. The van der Waals surface area contributed by atoms with Crippen molar-refractivity contribution in [1.29, 1.82) is 0 Å². The molecule has 24 heteroatoms. The smallest absolute Gasteiger partial charge is 0.462 e. The summed E-state index contributed by atoms with van der Waals surface area (Å²) in [5.74, 6) is -4.11. The van der Waals surface area contributed by atoms with Crippen molar-refractivity contribution in [2.45, 2.75) is 109 Å². The Bertz CT molecular complexity index is 2700. The van der Waals surface area contributed by atoms with Gasteiger partial charge in [-0.05, 0) is 48.3 Å². The van der Waals surface area contributed by atoms with Crippen LogP contribution in [0.15, 0.2) is 104 Å². The zero-order chi connectivity index (χ0) is 50.9. The third-order valence-corrected chi connectivity index (χ3v) is 15.9. The summed E-state index contributed by atoms with van der Waals surface area (Å²) >= 11 is 5.22. The molecule has 3 aliphatic heterocycles. The van der Waals surface area contributed by atoms with Crippen LogP contribution in [0.2, 0.25) is 0 Å². The van der Waals surface area contributed by atoms with Crippen LogP contribution in [0.5, 0.6) is 0 Å². The molecule has 71 heavy (non-hydrogen) atoms. The van der Waals surface area contributed by atoms with Gasteiger partial charge in [-0.1, -0.05) is 105 Å². The average molecular weight is 1040 g/mol. The number of nitrogens with one attached hydrogen (secondary N) is 1. The zero-order valence-corrected chi connectivity index (χ0v) is 42.3. The van der Waals surface area contributed by atoms with E-state index in [-0.39, 0.29) is 0 Å². The molecule has 5 heterocycles. The van der Waals surface area contributed by atoms with Crippen molar-refractivity contribution in [1.82, 2.24) is 19.5 Å². The lowest BCUT2D eigenvalue weighted by atomic mass is 9.77. The van der Waals surface area contributed by atoms with Crippen molar-refractivity contribution in [2.75, 3.05) is 18.5 Å². The summed E-state index contributed by atoms with van der Waals surface area (Å²) in [5.41, 5.74) is 2.68. The highest BCUT2D eigenvalue weighted by atomic mass is 32.5. The molecule has 5 aromatic rings. The number of aromatic nitrogens is 4. The minimum absolute atomic E-state index is 0.381.